The van der Waals surface area contributed by atoms with Crippen molar-refractivity contribution in [1.82, 2.24) is 9.88 Å². The van der Waals surface area contributed by atoms with Gasteiger partial charge in [-0.1, -0.05) is 48.0 Å². The van der Waals surface area contributed by atoms with Crippen LogP contribution >= 0.6 is 15.9 Å². The normalized spacial score (nSPS) is 11.5. The van der Waals surface area contributed by atoms with Crippen LogP contribution in [0, 0.1) is 11.3 Å². The molecule has 0 saturated carbocycles. The lowest BCUT2D eigenvalue weighted by molar-refractivity contribution is -0.112. The number of fused-ring (bicyclic) bond motifs is 1. The topological polar surface area (TPSA) is 95.0 Å². The summed E-state index contributed by atoms with van der Waals surface area (Å²) in [6.07, 6.45) is 3.41. The fourth-order valence-electron chi connectivity index (χ4n) is 3.35. The maximum absolute atomic E-state index is 12.2. The predicted octanol–water partition coefficient (Wildman–Crippen LogP) is 4.82. The van der Waals surface area contributed by atoms with Crippen molar-refractivity contribution in [3.8, 4) is 6.07 Å². The van der Waals surface area contributed by atoms with Crippen molar-refractivity contribution in [2.24, 2.45) is 5.73 Å². The highest BCUT2D eigenvalue weighted by Gasteiger charge is 2.14. The van der Waals surface area contributed by atoms with E-state index < -0.39 is 5.91 Å². The van der Waals surface area contributed by atoms with E-state index >= 15 is 0 Å². The minimum absolute atomic E-state index is 0.414. The zero-order chi connectivity index (χ0) is 22.4. The van der Waals surface area contributed by atoms with Gasteiger partial charge >= 0.3 is 0 Å². The number of amides is 1. The number of carbonyl (C=O) groups excluding carboxylic acids is 1. The number of hydrogen-bond donors (Lipinski definition) is 2. The van der Waals surface area contributed by atoms with Crippen LogP contribution < -0.4 is 11.1 Å². The number of anilines is 2. The highest BCUT2D eigenvalue weighted by atomic mass is 79.9. The van der Waals surface area contributed by atoms with Crippen LogP contribution in [0.15, 0.2) is 59.2 Å². The number of nitrogens with one attached hydrogen (secondary N) is 1. The molecule has 1 heterocycles. The van der Waals surface area contributed by atoms with Crippen LogP contribution in [0.3, 0.4) is 0 Å². The van der Waals surface area contributed by atoms with Crippen molar-refractivity contribution in [2.45, 2.75) is 13.8 Å². The van der Waals surface area contributed by atoms with E-state index in [0.29, 0.717) is 34.4 Å². The fourth-order valence-corrected chi connectivity index (χ4v) is 3.75. The second-order valence-corrected chi connectivity index (χ2v) is 7.91. The summed E-state index contributed by atoms with van der Waals surface area (Å²) in [5.41, 5.74) is 9.44. The van der Waals surface area contributed by atoms with Crippen LogP contribution in [0.25, 0.3) is 16.5 Å². The van der Waals surface area contributed by atoms with Gasteiger partial charge in [0, 0.05) is 33.9 Å². The molecule has 31 heavy (non-hydrogen) atoms. The van der Waals surface area contributed by atoms with Crippen molar-refractivity contribution in [3.63, 3.8) is 0 Å². The van der Waals surface area contributed by atoms with Gasteiger partial charge < -0.3 is 16.0 Å². The van der Waals surface area contributed by atoms with Gasteiger partial charge in [-0.15, -0.1) is 0 Å². The first-order valence-electron chi connectivity index (χ1n) is 10.0. The molecule has 0 fully saturated rings. The molecule has 1 aromatic heterocycles. The molecule has 3 N–H and O–H groups in total. The van der Waals surface area contributed by atoms with E-state index in [9.17, 15) is 10.1 Å². The first kappa shape index (κ1) is 22.5. The largest absolute Gasteiger partial charge is 0.366 e. The maximum Gasteiger partial charge on any atom is 0.249 e. The van der Waals surface area contributed by atoms with E-state index in [1.165, 1.54) is 0 Å². The van der Waals surface area contributed by atoms with Gasteiger partial charge in [-0.2, -0.15) is 5.26 Å². The quantitative estimate of drug-likeness (QED) is 0.453. The lowest BCUT2D eigenvalue weighted by Gasteiger charge is -2.16. The predicted molar refractivity (Wildman–Crippen MR) is 129 cm³/mol. The summed E-state index contributed by atoms with van der Waals surface area (Å²) in [5, 5.41) is 13.7. The number of nitrogens with zero attached hydrogens (tertiary/aromatic N) is 3. The number of hydrogen-bond acceptors (Lipinski definition) is 5. The minimum atomic E-state index is -0.489. The van der Waals surface area contributed by atoms with E-state index in [0.717, 1.165) is 28.6 Å². The molecule has 0 atom stereocenters. The highest BCUT2D eigenvalue weighted by Crippen LogP contribution is 2.31. The third-order valence-corrected chi connectivity index (χ3v) is 5.60. The van der Waals surface area contributed by atoms with E-state index in [1.807, 2.05) is 48.5 Å². The van der Waals surface area contributed by atoms with Gasteiger partial charge in [0.05, 0.1) is 16.8 Å². The third-order valence-electron chi connectivity index (χ3n) is 5.11. The Labute approximate surface area is 190 Å². The lowest BCUT2D eigenvalue weighted by atomic mass is 10.00. The Morgan fingerprint density at radius 2 is 2.03 bits per heavy atom. The number of nitrogens with two attached hydrogens (primary N) is 1. The Morgan fingerprint density at radius 1 is 1.26 bits per heavy atom. The average molecular weight is 478 g/mol. The number of benzene rings is 2. The first-order valence-corrected chi connectivity index (χ1v) is 10.8. The molecule has 3 rings (SSSR count). The molecule has 7 heteroatoms. The number of halogens is 1. The second-order valence-electron chi connectivity index (χ2n) is 6.99. The fraction of sp³-hybridized carbons (Fsp3) is 0.208. The third kappa shape index (κ3) is 5.29. The smallest absolute Gasteiger partial charge is 0.249 e. The van der Waals surface area contributed by atoms with Crippen LogP contribution in [-0.4, -0.2) is 35.4 Å². The van der Waals surface area contributed by atoms with Crippen molar-refractivity contribution >= 4 is 49.7 Å². The molecule has 3 aromatic rings. The molecule has 0 spiro atoms. The van der Waals surface area contributed by atoms with Crippen LogP contribution in [0.2, 0.25) is 0 Å². The molecule has 0 radical (unpaired) electrons. The van der Waals surface area contributed by atoms with Crippen molar-refractivity contribution in [3.05, 3.63) is 70.3 Å². The number of aromatic nitrogens is 1. The van der Waals surface area contributed by atoms with Gasteiger partial charge in [0.15, 0.2) is 0 Å². The number of rotatable bonds is 8. The molecule has 0 saturated heterocycles. The summed E-state index contributed by atoms with van der Waals surface area (Å²) in [5.74, 6) is -0.489. The van der Waals surface area contributed by atoms with Gasteiger partial charge in [0.25, 0.3) is 0 Å². The molecule has 0 aliphatic heterocycles. The Morgan fingerprint density at radius 3 is 2.68 bits per heavy atom. The summed E-state index contributed by atoms with van der Waals surface area (Å²) >= 11 is 3.47. The monoisotopic (exact) mass is 477 g/mol. The molecule has 2 aromatic carbocycles. The molecular formula is C24H24BrN5O. The molecule has 0 aliphatic rings. The van der Waals surface area contributed by atoms with Crippen LogP contribution in [-0.2, 0) is 4.79 Å². The van der Waals surface area contributed by atoms with Gasteiger partial charge in [-0.05, 0) is 49.0 Å². The summed E-state index contributed by atoms with van der Waals surface area (Å²) in [7, 11) is 0. The SMILES string of the molecule is CCN(CC)CC=C(C(N)=O)c1ccc2ncc(C#N)c(Nc3cccc(Br)c3)c2c1. The van der Waals surface area contributed by atoms with Crippen LogP contribution in [0.5, 0.6) is 0 Å². The van der Waals surface area contributed by atoms with E-state index in [1.54, 1.807) is 6.20 Å². The van der Waals surface area contributed by atoms with Crippen LogP contribution in [0.4, 0.5) is 11.4 Å². The molecule has 158 valence electrons. The molecule has 6 nitrogen and oxygen atoms in total. The highest BCUT2D eigenvalue weighted by molar-refractivity contribution is 9.10. The van der Waals surface area contributed by atoms with Gasteiger partial charge in [0.2, 0.25) is 5.91 Å². The number of carbonyl (C=O) groups is 1. The zero-order valence-corrected chi connectivity index (χ0v) is 19.1. The molecular weight excluding hydrogens is 454 g/mol. The van der Waals surface area contributed by atoms with E-state index in [4.69, 9.17) is 5.73 Å². The lowest BCUT2D eigenvalue weighted by Crippen LogP contribution is -2.24. The Bertz CT molecular complexity index is 1180. The maximum atomic E-state index is 12.2. The first-order chi connectivity index (χ1) is 15.0. The number of likely N-dealkylation sites (N-methyl/N-ethyl adjacent to an activating group) is 1. The molecule has 0 unspecified atom stereocenters. The Kier molecular flexibility index (Phi) is 7.40. The molecule has 0 aliphatic carbocycles. The Hall–Kier alpha value is -3.21. The zero-order valence-electron chi connectivity index (χ0n) is 17.5. The van der Waals surface area contributed by atoms with Gasteiger partial charge in [-0.3, -0.25) is 9.78 Å². The van der Waals surface area contributed by atoms with Crippen LogP contribution in [0.1, 0.15) is 25.0 Å². The number of nitriles is 1. The molecule has 0 bridgehead atoms. The van der Waals surface area contributed by atoms with Crippen molar-refractivity contribution < 1.29 is 4.79 Å². The second kappa shape index (κ2) is 10.2. The number of pyridine rings is 1. The number of primary amides is 1. The van der Waals surface area contributed by atoms with Gasteiger partial charge in [-0.25, -0.2) is 0 Å². The van der Waals surface area contributed by atoms with E-state index in [2.05, 4.69) is 51.0 Å². The standard InChI is InChI=1S/C24H24BrN5O/c1-3-30(4-2)11-10-20(24(27)31)16-8-9-22-21(12-16)23(17(14-26)15-28-22)29-19-7-5-6-18(25)13-19/h5-10,12-13,15H,3-4,11H2,1-2H3,(H2,27,31)(H,28,29). The average Bonchev–Trinajstić information content (AvgIpc) is 2.76. The summed E-state index contributed by atoms with van der Waals surface area (Å²) < 4.78 is 0.922. The molecule has 1 amide bonds. The van der Waals surface area contributed by atoms with Crippen molar-refractivity contribution in [2.75, 3.05) is 25.0 Å². The summed E-state index contributed by atoms with van der Waals surface area (Å²) in [6.45, 7) is 6.54. The van der Waals surface area contributed by atoms with E-state index in [-0.39, 0.29) is 0 Å². The van der Waals surface area contributed by atoms with Crippen molar-refractivity contribution in [1.29, 1.82) is 5.26 Å². The minimum Gasteiger partial charge on any atom is -0.366 e. The Balaban J connectivity index is 2.12. The summed E-state index contributed by atoms with van der Waals surface area (Å²) in [6, 6.07) is 15.4. The van der Waals surface area contributed by atoms with Gasteiger partial charge in [0.1, 0.15) is 6.07 Å². The summed E-state index contributed by atoms with van der Waals surface area (Å²) in [4.78, 5) is 18.8.